The molecule has 184 valence electrons. The highest BCUT2D eigenvalue weighted by Crippen LogP contribution is 2.34. The molecule has 1 unspecified atom stereocenters. The number of nitrogens with one attached hydrogen (secondary N) is 1. The SMILES string of the molecule is C[C@H]1OC(OC(=N)C(Cl)(Cl)Cl)[C@H](OC(=O)c2ccccc2)[C@@H](N(C)C)[C@@H]1OCc1ccccc1. The lowest BCUT2D eigenvalue weighted by atomic mass is 9.95. The molecule has 0 spiro atoms. The number of hydrogen-bond acceptors (Lipinski definition) is 7. The molecule has 1 fully saturated rings. The van der Waals surface area contributed by atoms with E-state index in [2.05, 4.69) is 0 Å². The van der Waals surface area contributed by atoms with E-state index in [-0.39, 0.29) is 0 Å². The van der Waals surface area contributed by atoms with Gasteiger partial charge in [0.15, 0.2) is 6.10 Å². The predicted molar refractivity (Wildman–Crippen MR) is 132 cm³/mol. The van der Waals surface area contributed by atoms with Gasteiger partial charge in [-0.3, -0.25) is 5.41 Å². The number of ether oxygens (including phenoxy) is 4. The van der Waals surface area contributed by atoms with Crippen LogP contribution in [-0.4, -0.2) is 65.3 Å². The van der Waals surface area contributed by atoms with Gasteiger partial charge in [0.1, 0.15) is 6.10 Å². The number of alkyl halides is 3. The lowest BCUT2D eigenvalue weighted by Crippen LogP contribution is -2.64. The van der Waals surface area contributed by atoms with Gasteiger partial charge in [0.05, 0.1) is 24.3 Å². The Morgan fingerprint density at radius 1 is 1.00 bits per heavy atom. The minimum absolute atomic E-state index is 0.332. The number of esters is 1. The molecule has 0 radical (unpaired) electrons. The summed E-state index contributed by atoms with van der Waals surface area (Å²) in [7, 11) is 3.67. The van der Waals surface area contributed by atoms with Gasteiger partial charge in [0.2, 0.25) is 12.2 Å². The van der Waals surface area contributed by atoms with Crippen LogP contribution in [0, 0.1) is 5.41 Å². The molecule has 7 nitrogen and oxygen atoms in total. The normalized spacial score (nSPS) is 25.1. The molecule has 0 amide bonds. The molecular weight excluding hydrogens is 503 g/mol. The van der Waals surface area contributed by atoms with E-state index in [4.69, 9.17) is 59.2 Å². The van der Waals surface area contributed by atoms with Crippen molar-refractivity contribution >= 4 is 46.7 Å². The van der Waals surface area contributed by atoms with E-state index in [0.29, 0.717) is 12.2 Å². The van der Waals surface area contributed by atoms with Crippen LogP contribution < -0.4 is 0 Å². The van der Waals surface area contributed by atoms with Crippen LogP contribution in [0.1, 0.15) is 22.8 Å². The first-order valence-corrected chi connectivity index (χ1v) is 11.8. The average Bonchev–Trinajstić information content (AvgIpc) is 2.80. The summed E-state index contributed by atoms with van der Waals surface area (Å²) in [5.74, 6) is -1.22. The maximum Gasteiger partial charge on any atom is 0.338 e. The van der Waals surface area contributed by atoms with Crippen molar-refractivity contribution in [3.8, 4) is 0 Å². The van der Waals surface area contributed by atoms with Crippen LogP contribution in [-0.2, 0) is 25.6 Å². The van der Waals surface area contributed by atoms with Crippen molar-refractivity contribution in [3.63, 3.8) is 0 Å². The van der Waals surface area contributed by atoms with Crippen molar-refractivity contribution in [2.45, 2.75) is 48.0 Å². The molecule has 34 heavy (non-hydrogen) atoms. The largest absolute Gasteiger partial charge is 0.450 e. The summed E-state index contributed by atoms with van der Waals surface area (Å²) in [6.45, 7) is 2.15. The number of carbonyl (C=O) groups excluding carboxylic acids is 1. The number of carbonyl (C=O) groups is 1. The van der Waals surface area contributed by atoms with Crippen molar-refractivity contribution in [3.05, 3.63) is 71.8 Å². The van der Waals surface area contributed by atoms with Crippen LogP contribution in [0.25, 0.3) is 0 Å². The maximum absolute atomic E-state index is 13.0. The third kappa shape index (κ3) is 6.84. The lowest BCUT2D eigenvalue weighted by molar-refractivity contribution is -0.267. The fraction of sp³-hybridized carbons (Fsp3) is 0.417. The van der Waals surface area contributed by atoms with Crippen LogP contribution in [0.3, 0.4) is 0 Å². The number of nitrogens with zero attached hydrogens (tertiary/aromatic N) is 1. The van der Waals surface area contributed by atoms with Crippen molar-refractivity contribution in [1.29, 1.82) is 5.41 Å². The Bertz CT molecular complexity index is 956. The number of halogens is 3. The Morgan fingerprint density at radius 3 is 2.15 bits per heavy atom. The van der Waals surface area contributed by atoms with Crippen LogP contribution >= 0.6 is 34.8 Å². The van der Waals surface area contributed by atoms with E-state index in [1.807, 2.05) is 56.3 Å². The molecule has 3 rings (SSSR count). The van der Waals surface area contributed by atoms with Crippen molar-refractivity contribution in [1.82, 2.24) is 4.90 Å². The fourth-order valence-corrected chi connectivity index (χ4v) is 3.88. The molecule has 0 bridgehead atoms. The smallest absolute Gasteiger partial charge is 0.338 e. The zero-order valence-corrected chi connectivity index (χ0v) is 21.3. The molecule has 1 N–H and O–H groups in total. The average molecular weight is 530 g/mol. The summed E-state index contributed by atoms with van der Waals surface area (Å²) >= 11 is 17.4. The molecule has 1 aliphatic rings. The highest BCUT2D eigenvalue weighted by atomic mass is 35.6. The van der Waals surface area contributed by atoms with Gasteiger partial charge in [-0.2, -0.15) is 0 Å². The Hall–Kier alpha value is -1.87. The fourth-order valence-electron chi connectivity index (χ4n) is 3.75. The van der Waals surface area contributed by atoms with Gasteiger partial charge in [-0.15, -0.1) is 0 Å². The highest BCUT2D eigenvalue weighted by Gasteiger charge is 2.51. The van der Waals surface area contributed by atoms with E-state index < -0.39 is 46.3 Å². The lowest BCUT2D eigenvalue weighted by Gasteiger charge is -2.47. The van der Waals surface area contributed by atoms with Gasteiger partial charge in [0.25, 0.3) is 3.79 Å². The monoisotopic (exact) mass is 528 g/mol. The number of hydrogen-bond donors (Lipinski definition) is 1. The molecule has 10 heteroatoms. The topological polar surface area (TPSA) is 81.1 Å². The third-order valence-electron chi connectivity index (χ3n) is 5.38. The highest BCUT2D eigenvalue weighted by molar-refractivity contribution is 6.76. The number of rotatable bonds is 7. The molecule has 1 saturated heterocycles. The van der Waals surface area contributed by atoms with Gasteiger partial charge in [0, 0.05) is 0 Å². The second-order valence-corrected chi connectivity index (χ2v) is 10.4. The van der Waals surface area contributed by atoms with Crippen molar-refractivity contribution in [2.75, 3.05) is 14.1 Å². The third-order valence-corrected chi connectivity index (χ3v) is 5.89. The standard InChI is InChI=1S/C24H27Cl3N2O5/c1-15-19(31-14-16-10-6-4-7-11-16)18(29(2)3)20(22(32-15)34-23(28)24(25,26)27)33-21(30)17-12-8-5-9-13-17/h4-13,15,18-20,22,28H,14H2,1-3H3/t15-,18+,19-,20-,22?/m1/s1. The second kappa shape index (κ2) is 11.7. The summed E-state index contributed by atoms with van der Waals surface area (Å²) < 4.78 is 21.6. The van der Waals surface area contributed by atoms with Crippen LogP contribution in [0.4, 0.5) is 0 Å². The van der Waals surface area contributed by atoms with Gasteiger partial charge >= 0.3 is 5.97 Å². The van der Waals surface area contributed by atoms with Crippen molar-refractivity contribution in [2.24, 2.45) is 0 Å². The summed E-state index contributed by atoms with van der Waals surface area (Å²) in [4.78, 5) is 14.8. The Balaban J connectivity index is 1.89. The van der Waals surface area contributed by atoms with Gasteiger partial charge in [-0.05, 0) is 38.7 Å². The van der Waals surface area contributed by atoms with E-state index in [9.17, 15) is 4.79 Å². The molecular formula is C24H27Cl3N2O5. The molecule has 5 atom stereocenters. The van der Waals surface area contributed by atoms with E-state index in [1.54, 1.807) is 30.3 Å². The van der Waals surface area contributed by atoms with Gasteiger partial charge in [-0.25, -0.2) is 4.79 Å². The summed E-state index contributed by atoms with van der Waals surface area (Å²) in [6.07, 6.45) is -3.18. The van der Waals surface area contributed by atoms with Crippen molar-refractivity contribution < 1.29 is 23.7 Å². The minimum atomic E-state index is -2.10. The van der Waals surface area contributed by atoms with E-state index in [1.165, 1.54) is 0 Å². The minimum Gasteiger partial charge on any atom is -0.450 e. The van der Waals surface area contributed by atoms with Gasteiger partial charge < -0.3 is 23.8 Å². The molecule has 0 saturated carbocycles. The Morgan fingerprint density at radius 2 is 1.59 bits per heavy atom. The second-order valence-electron chi connectivity index (χ2n) is 8.11. The molecule has 1 heterocycles. The summed E-state index contributed by atoms with van der Waals surface area (Å²) in [6, 6.07) is 17.8. The zero-order valence-electron chi connectivity index (χ0n) is 19.0. The number of benzene rings is 2. The first kappa shape index (κ1) is 26.7. The zero-order chi connectivity index (χ0) is 24.9. The quantitative estimate of drug-likeness (QED) is 0.239. The van der Waals surface area contributed by atoms with Crippen LogP contribution in [0.5, 0.6) is 0 Å². The van der Waals surface area contributed by atoms with E-state index in [0.717, 1.165) is 5.56 Å². The summed E-state index contributed by atoms with van der Waals surface area (Å²) in [5, 5.41) is 8.01. The molecule has 2 aromatic rings. The number of likely N-dealkylation sites (N-methyl/N-ethyl adjacent to an activating group) is 1. The maximum atomic E-state index is 13.0. The van der Waals surface area contributed by atoms with Crippen LogP contribution in [0.15, 0.2) is 60.7 Å². The summed E-state index contributed by atoms with van der Waals surface area (Å²) in [5.41, 5.74) is 1.34. The Labute approximate surface area is 214 Å². The first-order valence-electron chi connectivity index (χ1n) is 10.6. The molecule has 2 aromatic carbocycles. The van der Waals surface area contributed by atoms with Crippen LogP contribution in [0.2, 0.25) is 0 Å². The molecule has 0 aliphatic carbocycles. The molecule has 1 aliphatic heterocycles. The molecule has 0 aromatic heterocycles. The first-order chi connectivity index (χ1) is 16.1. The Kier molecular flexibility index (Phi) is 9.20. The van der Waals surface area contributed by atoms with E-state index >= 15 is 0 Å². The predicted octanol–water partition coefficient (Wildman–Crippen LogP) is 4.84. The van der Waals surface area contributed by atoms with Gasteiger partial charge in [-0.1, -0.05) is 83.3 Å².